The first-order chi connectivity index (χ1) is 6.86. The lowest BCUT2D eigenvalue weighted by Gasteiger charge is -2.22. The molecule has 14 heavy (non-hydrogen) atoms. The lowest BCUT2D eigenvalue weighted by Crippen LogP contribution is -2.23. The van der Waals surface area contributed by atoms with E-state index in [9.17, 15) is 4.79 Å². The fraction of sp³-hybridized carbons (Fsp3) is 0.0833. The van der Waals surface area contributed by atoms with E-state index in [1.807, 2.05) is 36.4 Å². The highest BCUT2D eigenvalue weighted by atomic mass is 16.5. The van der Waals surface area contributed by atoms with Crippen molar-refractivity contribution in [2.45, 2.75) is 6.10 Å². The van der Waals surface area contributed by atoms with Crippen LogP contribution in [0.4, 0.5) is 0 Å². The predicted molar refractivity (Wildman–Crippen MR) is 52.8 cm³/mol. The molecule has 2 aliphatic rings. The third-order valence-corrected chi connectivity index (χ3v) is 2.56. The Morgan fingerprint density at radius 2 is 1.93 bits per heavy atom. The first-order valence-electron chi connectivity index (χ1n) is 4.55. The first kappa shape index (κ1) is 7.56. The number of carbonyl (C=O) groups is 1. The molecule has 2 nitrogen and oxygen atoms in total. The van der Waals surface area contributed by atoms with Gasteiger partial charge in [0.05, 0.1) is 5.56 Å². The van der Waals surface area contributed by atoms with Crippen LogP contribution in [0, 0.1) is 0 Å². The van der Waals surface area contributed by atoms with E-state index in [0.29, 0.717) is 5.56 Å². The first-order valence-corrected chi connectivity index (χ1v) is 4.55. The van der Waals surface area contributed by atoms with Gasteiger partial charge < -0.3 is 4.74 Å². The molecule has 0 spiro atoms. The lowest BCUT2D eigenvalue weighted by atomic mass is 9.95. The molecule has 1 atom stereocenters. The standard InChI is InChI=1S/C12H8O2/c13-12-10-5-2-1-4-8(10)9-6-3-7-11(9)14-12/h1-7,11H. The number of fused-ring (bicyclic) bond motifs is 3. The average Bonchev–Trinajstić information content (AvgIpc) is 2.66. The van der Waals surface area contributed by atoms with Crippen molar-refractivity contribution >= 4 is 11.5 Å². The number of hydrogen-bond donors (Lipinski definition) is 0. The van der Waals surface area contributed by atoms with Crippen LogP contribution in [-0.4, -0.2) is 12.1 Å². The van der Waals surface area contributed by atoms with Gasteiger partial charge in [-0.15, -0.1) is 0 Å². The number of allylic oxidation sites excluding steroid dienone is 2. The second-order valence-corrected chi connectivity index (χ2v) is 3.38. The van der Waals surface area contributed by atoms with Crippen molar-refractivity contribution in [1.29, 1.82) is 0 Å². The summed E-state index contributed by atoms with van der Waals surface area (Å²) in [5.41, 5.74) is 2.75. The van der Waals surface area contributed by atoms with Gasteiger partial charge in [0.1, 0.15) is 6.10 Å². The third-order valence-electron chi connectivity index (χ3n) is 2.56. The number of ether oxygens (including phenoxy) is 1. The van der Waals surface area contributed by atoms with Gasteiger partial charge in [-0.1, -0.05) is 30.4 Å². The zero-order valence-electron chi connectivity index (χ0n) is 7.44. The lowest BCUT2D eigenvalue weighted by molar-refractivity contribution is 0.0460. The summed E-state index contributed by atoms with van der Waals surface area (Å²) < 4.78 is 5.24. The second kappa shape index (κ2) is 2.58. The van der Waals surface area contributed by atoms with Crippen LogP contribution in [-0.2, 0) is 4.74 Å². The average molecular weight is 184 g/mol. The van der Waals surface area contributed by atoms with Crippen molar-refractivity contribution in [3.63, 3.8) is 0 Å². The Balaban J connectivity index is 2.24. The van der Waals surface area contributed by atoms with Crippen LogP contribution in [0.15, 0.2) is 42.5 Å². The van der Waals surface area contributed by atoms with Crippen molar-refractivity contribution in [3.05, 3.63) is 53.6 Å². The summed E-state index contributed by atoms with van der Waals surface area (Å²) >= 11 is 0. The zero-order valence-corrected chi connectivity index (χ0v) is 7.44. The molecule has 1 aromatic carbocycles. The molecule has 3 rings (SSSR count). The molecule has 0 fully saturated rings. The molecule has 68 valence electrons. The summed E-state index contributed by atoms with van der Waals surface area (Å²) in [5, 5.41) is 0. The van der Waals surface area contributed by atoms with Crippen molar-refractivity contribution in [2.75, 3.05) is 0 Å². The molecule has 0 saturated heterocycles. The van der Waals surface area contributed by atoms with E-state index in [1.54, 1.807) is 6.07 Å². The van der Waals surface area contributed by atoms with Crippen LogP contribution in [0.5, 0.6) is 0 Å². The van der Waals surface area contributed by atoms with Gasteiger partial charge in [0.2, 0.25) is 0 Å². The maximum Gasteiger partial charge on any atom is 0.339 e. The molecule has 0 saturated carbocycles. The Morgan fingerprint density at radius 1 is 1.14 bits per heavy atom. The minimum Gasteiger partial charge on any atom is -0.450 e. The minimum absolute atomic E-state index is 0.169. The normalized spacial score (nSPS) is 22.4. The molecular weight excluding hydrogens is 176 g/mol. The van der Waals surface area contributed by atoms with Crippen LogP contribution >= 0.6 is 0 Å². The summed E-state index contributed by atoms with van der Waals surface area (Å²) in [6.45, 7) is 0. The summed E-state index contributed by atoms with van der Waals surface area (Å²) in [6, 6.07) is 7.55. The summed E-state index contributed by atoms with van der Waals surface area (Å²) in [4.78, 5) is 11.5. The van der Waals surface area contributed by atoms with Crippen molar-refractivity contribution < 1.29 is 9.53 Å². The Hall–Kier alpha value is -1.83. The smallest absolute Gasteiger partial charge is 0.339 e. The van der Waals surface area contributed by atoms with E-state index in [-0.39, 0.29) is 12.1 Å². The minimum atomic E-state index is -0.227. The van der Waals surface area contributed by atoms with Gasteiger partial charge in [-0.25, -0.2) is 4.79 Å². The molecule has 0 radical (unpaired) electrons. The van der Waals surface area contributed by atoms with Gasteiger partial charge in [-0.05, 0) is 17.7 Å². The Morgan fingerprint density at radius 3 is 2.79 bits per heavy atom. The zero-order chi connectivity index (χ0) is 9.54. The van der Waals surface area contributed by atoms with Crippen LogP contribution < -0.4 is 0 Å². The van der Waals surface area contributed by atoms with Crippen molar-refractivity contribution in [3.8, 4) is 0 Å². The van der Waals surface area contributed by atoms with E-state index < -0.39 is 0 Å². The fourth-order valence-electron chi connectivity index (χ4n) is 1.90. The molecule has 1 heterocycles. The molecule has 0 amide bonds. The molecule has 0 aromatic heterocycles. The number of esters is 1. The van der Waals surface area contributed by atoms with Gasteiger partial charge in [-0.2, -0.15) is 0 Å². The number of carbonyl (C=O) groups excluding carboxylic acids is 1. The SMILES string of the molecule is O=C1OC2C=CC=C2c2ccccc21. The van der Waals surface area contributed by atoms with E-state index in [0.717, 1.165) is 11.1 Å². The molecule has 1 aliphatic carbocycles. The van der Waals surface area contributed by atoms with Crippen molar-refractivity contribution in [2.24, 2.45) is 0 Å². The highest BCUT2D eigenvalue weighted by Crippen LogP contribution is 2.33. The van der Waals surface area contributed by atoms with E-state index in [1.165, 1.54) is 0 Å². The number of benzene rings is 1. The van der Waals surface area contributed by atoms with E-state index in [4.69, 9.17) is 4.74 Å². The van der Waals surface area contributed by atoms with Crippen LogP contribution in [0.3, 0.4) is 0 Å². The van der Waals surface area contributed by atoms with Gasteiger partial charge in [0, 0.05) is 5.57 Å². The predicted octanol–water partition coefficient (Wildman–Crippen LogP) is 2.18. The largest absolute Gasteiger partial charge is 0.450 e. The van der Waals surface area contributed by atoms with Crippen LogP contribution in [0.1, 0.15) is 15.9 Å². The molecule has 0 N–H and O–H groups in total. The maximum absolute atomic E-state index is 11.5. The molecule has 1 aromatic rings. The summed E-state index contributed by atoms with van der Waals surface area (Å²) in [5.74, 6) is -0.227. The molecular formula is C12H8O2. The molecule has 1 unspecified atom stereocenters. The van der Waals surface area contributed by atoms with Gasteiger partial charge in [-0.3, -0.25) is 0 Å². The van der Waals surface area contributed by atoms with E-state index >= 15 is 0 Å². The fourth-order valence-corrected chi connectivity index (χ4v) is 1.90. The van der Waals surface area contributed by atoms with Crippen LogP contribution in [0.2, 0.25) is 0 Å². The highest BCUT2D eigenvalue weighted by molar-refractivity contribution is 6.00. The van der Waals surface area contributed by atoms with Crippen molar-refractivity contribution in [1.82, 2.24) is 0 Å². The van der Waals surface area contributed by atoms with Gasteiger partial charge in [0.25, 0.3) is 0 Å². The Kier molecular flexibility index (Phi) is 1.39. The number of hydrogen-bond acceptors (Lipinski definition) is 2. The van der Waals surface area contributed by atoms with Gasteiger partial charge >= 0.3 is 5.97 Å². The third kappa shape index (κ3) is 0.880. The van der Waals surface area contributed by atoms with Crippen LogP contribution in [0.25, 0.3) is 5.57 Å². The second-order valence-electron chi connectivity index (χ2n) is 3.38. The maximum atomic E-state index is 11.5. The number of rotatable bonds is 0. The quantitative estimate of drug-likeness (QED) is 0.577. The van der Waals surface area contributed by atoms with E-state index in [2.05, 4.69) is 0 Å². The monoisotopic (exact) mass is 184 g/mol. The molecule has 1 aliphatic heterocycles. The topological polar surface area (TPSA) is 26.3 Å². The molecule has 0 bridgehead atoms. The Bertz CT molecular complexity index is 469. The molecule has 2 heteroatoms. The van der Waals surface area contributed by atoms with Gasteiger partial charge in [0.15, 0.2) is 0 Å². The summed E-state index contributed by atoms with van der Waals surface area (Å²) in [7, 11) is 0. The highest BCUT2D eigenvalue weighted by Gasteiger charge is 2.30. The Labute approximate surface area is 81.5 Å². The summed E-state index contributed by atoms with van der Waals surface area (Å²) in [6.07, 6.45) is 5.64.